The van der Waals surface area contributed by atoms with E-state index in [0.29, 0.717) is 0 Å². The zero-order chi connectivity index (χ0) is 16.6. The van der Waals surface area contributed by atoms with Gasteiger partial charge in [-0.15, -0.1) is 0 Å². The maximum atomic E-state index is 5.78. The summed E-state index contributed by atoms with van der Waals surface area (Å²) in [7, 11) is 0. The van der Waals surface area contributed by atoms with Gasteiger partial charge in [0.1, 0.15) is 11.5 Å². The minimum Gasteiger partial charge on any atom is -0.457 e. The molecule has 3 rings (SSSR count). The summed E-state index contributed by atoms with van der Waals surface area (Å²) in [5, 5.41) is 0. The molecular weight excluding hydrogens is 282 g/mol. The van der Waals surface area contributed by atoms with Gasteiger partial charge in [-0.3, -0.25) is 4.98 Å². The Balaban J connectivity index is 1.96. The fourth-order valence-electron chi connectivity index (χ4n) is 3.00. The van der Waals surface area contributed by atoms with Crippen molar-refractivity contribution in [3.05, 3.63) is 71.6 Å². The lowest BCUT2D eigenvalue weighted by Crippen LogP contribution is -2.13. The van der Waals surface area contributed by atoms with Crippen LogP contribution in [0.25, 0.3) is 11.3 Å². The van der Waals surface area contributed by atoms with Gasteiger partial charge in [-0.2, -0.15) is 0 Å². The number of ether oxygens (including phenoxy) is 1. The van der Waals surface area contributed by atoms with E-state index in [9.17, 15) is 0 Å². The van der Waals surface area contributed by atoms with Crippen LogP contribution in [0.4, 0.5) is 0 Å². The Morgan fingerprint density at radius 3 is 2.65 bits per heavy atom. The van der Waals surface area contributed by atoms with Crippen molar-refractivity contribution < 1.29 is 4.74 Å². The number of aryl methyl sites for hydroxylation is 1. The molecule has 2 heteroatoms. The predicted molar refractivity (Wildman–Crippen MR) is 95.7 cm³/mol. The average molecular weight is 305 g/mol. The molecule has 0 radical (unpaired) electrons. The van der Waals surface area contributed by atoms with Gasteiger partial charge < -0.3 is 4.74 Å². The molecule has 0 saturated carbocycles. The summed E-state index contributed by atoms with van der Waals surface area (Å²) in [5.74, 6) is 1.74. The second-order valence-corrected chi connectivity index (χ2v) is 7.07. The van der Waals surface area contributed by atoms with Crippen molar-refractivity contribution >= 4 is 0 Å². The van der Waals surface area contributed by atoms with E-state index in [0.717, 1.165) is 29.2 Å². The third-order valence-electron chi connectivity index (χ3n) is 4.23. The Labute approximate surface area is 138 Å². The second-order valence-electron chi connectivity index (χ2n) is 7.07. The number of rotatable bonds is 2. The minimum atomic E-state index is 0.116. The SMILES string of the molecule is C=CC1=CCc2cc(-c3cc(C)c(C(C)(C)C)cn3)ccc2O1. The number of hydrogen-bond donors (Lipinski definition) is 0. The number of benzene rings is 1. The van der Waals surface area contributed by atoms with Gasteiger partial charge in [0.2, 0.25) is 0 Å². The predicted octanol–water partition coefficient (Wildman–Crippen LogP) is 5.36. The van der Waals surface area contributed by atoms with Crippen molar-refractivity contribution in [3.63, 3.8) is 0 Å². The van der Waals surface area contributed by atoms with Crippen LogP contribution in [0.3, 0.4) is 0 Å². The van der Waals surface area contributed by atoms with Crippen molar-refractivity contribution in [2.45, 2.75) is 39.5 Å². The van der Waals surface area contributed by atoms with Gasteiger partial charge in [-0.25, -0.2) is 0 Å². The fourth-order valence-corrected chi connectivity index (χ4v) is 3.00. The monoisotopic (exact) mass is 305 g/mol. The third-order valence-corrected chi connectivity index (χ3v) is 4.23. The van der Waals surface area contributed by atoms with Crippen LogP contribution >= 0.6 is 0 Å². The maximum Gasteiger partial charge on any atom is 0.130 e. The Bertz CT molecular complexity index is 794. The van der Waals surface area contributed by atoms with Gasteiger partial charge in [0.15, 0.2) is 0 Å². The Morgan fingerprint density at radius 1 is 1.22 bits per heavy atom. The highest BCUT2D eigenvalue weighted by molar-refractivity contribution is 5.64. The topological polar surface area (TPSA) is 22.1 Å². The molecule has 0 amide bonds. The number of nitrogens with zero attached hydrogens (tertiary/aromatic N) is 1. The first-order valence-electron chi connectivity index (χ1n) is 7.99. The number of allylic oxidation sites excluding steroid dienone is 2. The van der Waals surface area contributed by atoms with Crippen molar-refractivity contribution in [3.8, 4) is 17.0 Å². The van der Waals surface area contributed by atoms with E-state index in [1.54, 1.807) is 6.08 Å². The van der Waals surface area contributed by atoms with Crippen LogP contribution < -0.4 is 4.74 Å². The highest BCUT2D eigenvalue weighted by Crippen LogP contribution is 2.32. The fraction of sp³-hybridized carbons (Fsp3) is 0.286. The zero-order valence-electron chi connectivity index (χ0n) is 14.3. The molecule has 0 unspecified atom stereocenters. The summed E-state index contributed by atoms with van der Waals surface area (Å²) in [6.07, 6.45) is 6.67. The Morgan fingerprint density at radius 2 is 2.00 bits per heavy atom. The highest BCUT2D eigenvalue weighted by Gasteiger charge is 2.18. The molecular formula is C21H23NO. The van der Waals surface area contributed by atoms with Gasteiger partial charge in [0.25, 0.3) is 0 Å². The first-order chi connectivity index (χ1) is 10.9. The number of fused-ring (bicyclic) bond motifs is 1. The van der Waals surface area contributed by atoms with E-state index >= 15 is 0 Å². The maximum absolute atomic E-state index is 5.78. The van der Waals surface area contributed by atoms with E-state index in [2.05, 4.69) is 63.5 Å². The summed E-state index contributed by atoms with van der Waals surface area (Å²) in [5.41, 5.74) is 6.02. The first-order valence-corrected chi connectivity index (χ1v) is 7.99. The Hall–Kier alpha value is -2.35. The molecule has 0 saturated heterocycles. The molecule has 0 spiro atoms. The Kier molecular flexibility index (Phi) is 3.85. The minimum absolute atomic E-state index is 0.116. The quantitative estimate of drug-likeness (QED) is 0.745. The smallest absolute Gasteiger partial charge is 0.130 e. The third kappa shape index (κ3) is 3.07. The second kappa shape index (κ2) is 5.69. The van der Waals surface area contributed by atoms with Crippen LogP contribution in [0.5, 0.6) is 5.75 Å². The number of aromatic nitrogens is 1. The molecule has 2 aromatic rings. The van der Waals surface area contributed by atoms with Crippen molar-refractivity contribution in [2.24, 2.45) is 0 Å². The number of hydrogen-bond acceptors (Lipinski definition) is 2. The van der Waals surface area contributed by atoms with Crippen molar-refractivity contribution in [1.82, 2.24) is 4.98 Å². The number of pyridine rings is 1. The molecule has 1 aromatic heterocycles. The molecule has 0 bridgehead atoms. The highest BCUT2D eigenvalue weighted by atomic mass is 16.5. The first kappa shape index (κ1) is 15.5. The largest absolute Gasteiger partial charge is 0.457 e. The van der Waals surface area contributed by atoms with Gasteiger partial charge in [-0.1, -0.05) is 27.4 Å². The lowest BCUT2D eigenvalue weighted by atomic mass is 9.85. The van der Waals surface area contributed by atoms with Gasteiger partial charge in [-0.05, 0) is 71.9 Å². The van der Waals surface area contributed by atoms with E-state index in [1.807, 2.05) is 12.3 Å². The summed E-state index contributed by atoms with van der Waals surface area (Å²) in [6.45, 7) is 12.6. The molecule has 1 aliphatic rings. The van der Waals surface area contributed by atoms with Crippen LogP contribution in [0.1, 0.15) is 37.5 Å². The van der Waals surface area contributed by atoms with Gasteiger partial charge in [0, 0.05) is 11.8 Å². The summed E-state index contributed by atoms with van der Waals surface area (Å²) >= 11 is 0. The molecule has 1 aromatic carbocycles. The summed E-state index contributed by atoms with van der Waals surface area (Å²) in [6, 6.07) is 8.44. The van der Waals surface area contributed by atoms with Crippen molar-refractivity contribution in [1.29, 1.82) is 0 Å². The summed E-state index contributed by atoms with van der Waals surface area (Å²) in [4.78, 5) is 4.68. The lowest BCUT2D eigenvalue weighted by molar-refractivity contribution is 0.428. The molecule has 2 heterocycles. The van der Waals surface area contributed by atoms with Crippen LogP contribution in [0, 0.1) is 6.92 Å². The zero-order valence-corrected chi connectivity index (χ0v) is 14.3. The van der Waals surface area contributed by atoms with E-state index in [4.69, 9.17) is 4.74 Å². The van der Waals surface area contributed by atoms with Crippen LogP contribution in [0.15, 0.2) is 55.0 Å². The van der Waals surface area contributed by atoms with E-state index in [1.165, 1.54) is 16.7 Å². The van der Waals surface area contributed by atoms with Crippen molar-refractivity contribution in [2.75, 3.05) is 0 Å². The molecule has 0 fully saturated rings. The van der Waals surface area contributed by atoms with Gasteiger partial charge in [0.05, 0.1) is 5.69 Å². The van der Waals surface area contributed by atoms with E-state index < -0.39 is 0 Å². The van der Waals surface area contributed by atoms with Gasteiger partial charge >= 0.3 is 0 Å². The molecule has 118 valence electrons. The average Bonchev–Trinajstić information content (AvgIpc) is 2.52. The molecule has 23 heavy (non-hydrogen) atoms. The molecule has 1 aliphatic heterocycles. The standard InChI is InChI=1S/C21H23NO/c1-6-17-9-7-16-12-15(8-10-20(16)23-17)19-11-14(2)18(13-22-19)21(3,4)5/h6,8-13H,1,7H2,2-5H3. The lowest BCUT2D eigenvalue weighted by Gasteiger charge is -2.22. The normalized spacial score (nSPS) is 13.8. The van der Waals surface area contributed by atoms with Crippen LogP contribution in [-0.2, 0) is 11.8 Å². The molecule has 0 N–H and O–H groups in total. The molecule has 0 atom stereocenters. The molecule has 0 aliphatic carbocycles. The van der Waals surface area contributed by atoms with Crippen LogP contribution in [-0.4, -0.2) is 4.98 Å². The molecule has 2 nitrogen and oxygen atoms in total. The van der Waals surface area contributed by atoms with Crippen LogP contribution in [0.2, 0.25) is 0 Å². The summed E-state index contributed by atoms with van der Waals surface area (Å²) < 4.78 is 5.78. The van der Waals surface area contributed by atoms with E-state index in [-0.39, 0.29) is 5.41 Å².